The van der Waals surface area contributed by atoms with E-state index in [1.165, 1.54) is 0 Å². The minimum absolute atomic E-state index is 0.00931. The molecule has 0 spiro atoms. The van der Waals surface area contributed by atoms with E-state index in [4.69, 9.17) is 5.73 Å². The smallest absolute Gasteiger partial charge is 0.256 e. The van der Waals surface area contributed by atoms with Gasteiger partial charge in [-0.2, -0.15) is 0 Å². The van der Waals surface area contributed by atoms with Crippen molar-refractivity contribution >= 4 is 5.95 Å². The van der Waals surface area contributed by atoms with Crippen LogP contribution in [0.3, 0.4) is 0 Å². The van der Waals surface area contributed by atoms with Crippen LogP contribution in [0.15, 0.2) is 4.79 Å². The van der Waals surface area contributed by atoms with Gasteiger partial charge >= 0.3 is 0 Å². The van der Waals surface area contributed by atoms with Crippen LogP contribution >= 0.6 is 0 Å². The highest BCUT2D eigenvalue weighted by molar-refractivity contribution is 5.45. The number of nitrogen functional groups attached to an aromatic ring is 1. The number of aromatic amines is 1. The lowest BCUT2D eigenvalue weighted by Crippen LogP contribution is -2.32. The summed E-state index contributed by atoms with van der Waals surface area (Å²) >= 11 is 0. The van der Waals surface area contributed by atoms with Crippen LogP contribution in [0.2, 0.25) is 0 Å². The van der Waals surface area contributed by atoms with Crippen molar-refractivity contribution in [2.45, 2.75) is 44.9 Å². The van der Waals surface area contributed by atoms with E-state index in [-0.39, 0.29) is 22.3 Å². The summed E-state index contributed by atoms with van der Waals surface area (Å²) in [4.78, 5) is 19.0. The van der Waals surface area contributed by atoms with Crippen molar-refractivity contribution < 1.29 is 0 Å². The van der Waals surface area contributed by atoms with Crippen LogP contribution in [0, 0.1) is 5.41 Å². The molecule has 4 heteroatoms. The maximum atomic E-state index is 12.0. The molecule has 0 aromatic carbocycles. The molecule has 0 unspecified atom stereocenters. The molecule has 2 aliphatic carbocycles. The van der Waals surface area contributed by atoms with Gasteiger partial charge in [-0.25, -0.2) is 4.98 Å². The van der Waals surface area contributed by atoms with Gasteiger partial charge in [-0.3, -0.25) is 9.78 Å². The second-order valence-electron chi connectivity index (χ2n) is 5.86. The second-order valence-corrected chi connectivity index (χ2v) is 5.86. The number of hydrogen-bond donors (Lipinski definition) is 2. The molecule has 1 fully saturated rings. The average molecular weight is 219 g/mol. The fourth-order valence-corrected chi connectivity index (χ4v) is 3.67. The molecule has 1 aromatic rings. The number of hydrogen-bond acceptors (Lipinski definition) is 3. The summed E-state index contributed by atoms with van der Waals surface area (Å²) < 4.78 is 0. The Morgan fingerprint density at radius 2 is 2.12 bits per heavy atom. The fraction of sp³-hybridized carbons (Fsp3) is 0.667. The highest BCUT2D eigenvalue weighted by Crippen LogP contribution is 2.66. The minimum Gasteiger partial charge on any atom is -0.369 e. The topological polar surface area (TPSA) is 71.8 Å². The summed E-state index contributed by atoms with van der Waals surface area (Å²) in [7, 11) is 0. The molecule has 86 valence electrons. The molecule has 16 heavy (non-hydrogen) atoms. The maximum absolute atomic E-state index is 12.0. The molecule has 1 saturated carbocycles. The summed E-state index contributed by atoms with van der Waals surface area (Å²) in [6.07, 6.45) is 2.19. The lowest BCUT2D eigenvalue weighted by molar-refractivity contribution is 0.227. The third kappa shape index (κ3) is 0.829. The Morgan fingerprint density at radius 1 is 1.44 bits per heavy atom. The molecule has 0 saturated heterocycles. The average Bonchev–Trinajstić information content (AvgIpc) is 2.48. The molecule has 2 atom stereocenters. The highest BCUT2D eigenvalue weighted by Gasteiger charge is 2.61. The first-order valence-electron chi connectivity index (χ1n) is 5.78. The van der Waals surface area contributed by atoms with Gasteiger partial charge in [0, 0.05) is 11.0 Å². The van der Waals surface area contributed by atoms with Crippen LogP contribution in [0.5, 0.6) is 0 Å². The van der Waals surface area contributed by atoms with E-state index in [2.05, 4.69) is 30.7 Å². The maximum Gasteiger partial charge on any atom is 0.256 e. The van der Waals surface area contributed by atoms with Crippen LogP contribution in [-0.2, 0) is 5.41 Å². The van der Waals surface area contributed by atoms with E-state index in [1.54, 1.807) is 0 Å². The van der Waals surface area contributed by atoms with E-state index in [1.807, 2.05) is 0 Å². The number of aromatic nitrogens is 2. The van der Waals surface area contributed by atoms with Crippen LogP contribution in [-0.4, -0.2) is 9.97 Å². The molecule has 3 rings (SSSR count). The van der Waals surface area contributed by atoms with Gasteiger partial charge in [0.15, 0.2) is 0 Å². The Morgan fingerprint density at radius 3 is 2.81 bits per heavy atom. The van der Waals surface area contributed by atoms with E-state index in [9.17, 15) is 4.79 Å². The van der Waals surface area contributed by atoms with Crippen molar-refractivity contribution in [3.63, 3.8) is 0 Å². The summed E-state index contributed by atoms with van der Waals surface area (Å²) in [6, 6.07) is 0. The van der Waals surface area contributed by atoms with Crippen molar-refractivity contribution in [3.8, 4) is 0 Å². The normalized spacial score (nSPS) is 34.1. The van der Waals surface area contributed by atoms with Crippen molar-refractivity contribution in [2.24, 2.45) is 5.41 Å². The number of nitrogens with one attached hydrogen (secondary N) is 1. The standard InChI is InChI=1S/C12H17N3O/c1-11(2)6-4-5-12(11,3)8-7(6)9(16)15-10(13)14-8/h6H,4-5H2,1-3H3,(H3,13,14,15,16)/t6-,12+/m0/s1. The summed E-state index contributed by atoms with van der Waals surface area (Å²) in [5, 5.41) is 0. The molecule has 0 amide bonds. The largest absolute Gasteiger partial charge is 0.369 e. The minimum atomic E-state index is -0.0380. The zero-order valence-electron chi connectivity index (χ0n) is 9.92. The van der Waals surface area contributed by atoms with Crippen LogP contribution in [0.4, 0.5) is 5.95 Å². The number of nitrogens with zero attached hydrogens (tertiary/aromatic N) is 1. The molecular weight excluding hydrogens is 202 g/mol. The molecule has 0 radical (unpaired) electrons. The van der Waals surface area contributed by atoms with E-state index >= 15 is 0 Å². The first-order chi connectivity index (χ1) is 7.38. The zero-order chi connectivity index (χ0) is 11.7. The summed E-state index contributed by atoms with van der Waals surface area (Å²) in [6.45, 7) is 6.69. The van der Waals surface area contributed by atoms with Crippen molar-refractivity contribution in [1.29, 1.82) is 0 Å². The van der Waals surface area contributed by atoms with Gasteiger partial charge in [0.25, 0.3) is 5.56 Å². The summed E-state index contributed by atoms with van der Waals surface area (Å²) in [5.74, 6) is 0.581. The van der Waals surface area contributed by atoms with Crippen LogP contribution in [0.25, 0.3) is 0 Å². The monoisotopic (exact) mass is 219 g/mol. The molecule has 0 aliphatic heterocycles. The number of fused-ring (bicyclic) bond motifs is 5. The lowest BCUT2D eigenvalue weighted by Gasteiger charge is -2.34. The predicted molar refractivity (Wildman–Crippen MR) is 62.4 cm³/mol. The van der Waals surface area contributed by atoms with Crippen molar-refractivity contribution in [1.82, 2.24) is 9.97 Å². The van der Waals surface area contributed by atoms with Gasteiger partial charge in [-0.15, -0.1) is 0 Å². The van der Waals surface area contributed by atoms with Gasteiger partial charge in [0.2, 0.25) is 5.95 Å². The molecule has 2 aliphatic rings. The second kappa shape index (κ2) is 2.50. The Hall–Kier alpha value is -1.32. The van der Waals surface area contributed by atoms with E-state index in [0.29, 0.717) is 5.92 Å². The van der Waals surface area contributed by atoms with E-state index in [0.717, 1.165) is 24.1 Å². The fourth-order valence-electron chi connectivity index (χ4n) is 3.67. The molecule has 4 nitrogen and oxygen atoms in total. The van der Waals surface area contributed by atoms with Crippen LogP contribution < -0.4 is 11.3 Å². The van der Waals surface area contributed by atoms with Crippen LogP contribution in [0.1, 0.15) is 50.8 Å². The van der Waals surface area contributed by atoms with Gasteiger partial charge < -0.3 is 5.73 Å². The quantitative estimate of drug-likeness (QED) is 0.695. The SMILES string of the molecule is CC1(C)[C@H]2CC[C@]1(C)c1nc(N)[nH]c(=O)c12. The van der Waals surface area contributed by atoms with Crippen molar-refractivity contribution in [2.75, 3.05) is 5.73 Å². The third-order valence-corrected chi connectivity index (χ3v) is 5.07. The Bertz CT molecular complexity index is 532. The van der Waals surface area contributed by atoms with Gasteiger partial charge in [0.1, 0.15) is 0 Å². The number of anilines is 1. The van der Waals surface area contributed by atoms with Gasteiger partial charge in [-0.1, -0.05) is 20.8 Å². The zero-order valence-corrected chi connectivity index (χ0v) is 9.92. The number of rotatable bonds is 0. The molecule has 2 bridgehead atoms. The Kier molecular flexibility index (Phi) is 1.54. The molecular formula is C12H17N3O. The molecule has 1 heterocycles. The number of H-pyrrole nitrogens is 1. The predicted octanol–water partition coefficient (Wildman–Crippen LogP) is 1.53. The summed E-state index contributed by atoms with van der Waals surface area (Å²) in [5.41, 5.74) is 7.55. The van der Waals surface area contributed by atoms with Gasteiger partial charge in [-0.05, 0) is 24.2 Å². The Labute approximate surface area is 94.3 Å². The van der Waals surface area contributed by atoms with Gasteiger partial charge in [0.05, 0.1) is 5.69 Å². The van der Waals surface area contributed by atoms with E-state index < -0.39 is 0 Å². The first kappa shape index (κ1) is 9.87. The molecule has 3 N–H and O–H groups in total. The highest BCUT2D eigenvalue weighted by atomic mass is 16.1. The Balaban J connectivity index is 2.39. The number of nitrogens with two attached hydrogens (primary N) is 1. The first-order valence-corrected chi connectivity index (χ1v) is 5.78. The lowest BCUT2D eigenvalue weighted by atomic mass is 9.70. The third-order valence-electron chi connectivity index (χ3n) is 5.07. The van der Waals surface area contributed by atoms with Crippen molar-refractivity contribution in [3.05, 3.63) is 21.6 Å². The molecule has 1 aromatic heterocycles.